The van der Waals surface area contributed by atoms with E-state index in [0.717, 1.165) is 10.0 Å². The highest BCUT2D eigenvalue weighted by atomic mass is 79.9. The van der Waals surface area contributed by atoms with Crippen LogP contribution < -0.4 is 0 Å². The van der Waals surface area contributed by atoms with Crippen molar-refractivity contribution in [3.63, 3.8) is 0 Å². The quantitative estimate of drug-likeness (QED) is 0.622. The second-order valence-electron chi connectivity index (χ2n) is 2.02. The van der Waals surface area contributed by atoms with E-state index in [2.05, 4.69) is 36.6 Å². The standard InChI is InChI=1S/C7H6Br2O3/c1-11-7(10)6-4(2-8)5(9)3-12-6/h3H,2H2,1H3. The molecule has 0 fully saturated rings. The Hall–Kier alpha value is -0.290. The van der Waals surface area contributed by atoms with Gasteiger partial charge in [-0.2, -0.15) is 0 Å². The van der Waals surface area contributed by atoms with Gasteiger partial charge >= 0.3 is 5.97 Å². The van der Waals surface area contributed by atoms with Crippen molar-refractivity contribution < 1.29 is 13.9 Å². The van der Waals surface area contributed by atoms with Gasteiger partial charge in [0.15, 0.2) is 0 Å². The van der Waals surface area contributed by atoms with Crippen LogP contribution in [0.5, 0.6) is 0 Å². The molecule has 1 aromatic rings. The second-order valence-corrected chi connectivity index (χ2v) is 3.43. The number of alkyl halides is 1. The summed E-state index contributed by atoms with van der Waals surface area (Å²) in [6.07, 6.45) is 1.46. The van der Waals surface area contributed by atoms with Gasteiger partial charge in [0.25, 0.3) is 0 Å². The summed E-state index contributed by atoms with van der Waals surface area (Å²) in [4.78, 5) is 11.0. The maximum absolute atomic E-state index is 11.0. The van der Waals surface area contributed by atoms with Crippen LogP contribution >= 0.6 is 31.9 Å². The highest BCUT2D eigenvalue weighted by Crippen LogP contribution is 2.25. The summed E-state index contributed by atoms with van der Waals surface area (Å²) in [6, 6.07) is 0. The predicted molar refractivity (Wildman–Crippen MR) is 50.4 cm³/mol. The molecule has 1 heterocycles. The van der Waals surface area contributed by atoms with E-state index in [1.54, 1.807) is 0 Å². The van der Waals surface area contributed by atoms with Gasteiger partial charge in [0.1, 0.15) is 6.26 Å². The number of esters is 1. The minimum Gasteiger partial charge on any atom is -0.463 e. The third-order valence-electron chi connectivity index (χ3n) is 1.35. The number of ether oxygens (including phenoxy) is 1. The number of carbonyl (C=O) groups excluding carboxylic acids is 1. The zero-order chi connectivity index (χ0) is 9.14. The van der Waals surface area contributed by atoms with E-state index < -0.39 is 5.97 Å². The first-order valence-electron chi connectivity index (χ1n) is 3.10. The van der Waals surface area contributed by atoms with E-state index in [1.807, 2.05) is 0 Å². The van der Waals surface area contributed by atoms with E-state index in [0.29, 0.717) is 5.33 Å². The van der Waals surface area contributed by atoms with Crippen LogP contribution in [0, 0.1) is 0 Å². The van der Waals surface area contributed by atoms with Crippen LogP contribution in [-0.4, -0.2) is 13.1 Å². The van der Waals surface area contributed by atoms with Gasteiger partial charge in [0.05, 0.1) is 11.6 Å². The van der Waals surface area contributed by atoms with Crippen molar-refractivity contribution in [2.75, 3.05) is 7.11 Å². The maximum atomic E-state index is 11.0. The van der Waals surface area contributed by atoms with Gasteiger partial charge < -0.3 is 9.15 Å². The molecule has 3 nitrogen and oxygen atoms in total. The zero-order valence-electron chi connectivity index (χ0n) is 6.27. The Bertz CT molecular complexity index is 293. The minimum atomic E-state index is -0.463. The second kappa shape index (κ2) is 4.09. The maximum Gasteiger partial charge on any atom is 0.374 e. The third-order valence-corrected chi connectivity index (χ3v) is 2.57. The molecule has 66 valence electrons. The monoisotopic (exact) mass is 296 g/mol. The summed E-state index contributed by atoms with van der Waals surface area (Å²) in [5.41, 5.74) is 0.766. The summed E-state index contributed by atoms with van der Waals surface area (Å²) in [5.74, 6) is -0.226. The molecule has 5 heteroatoms. The molecule has 0 aliphatic carbocycles. The van der Waals surface area contributed by atoms with Crippen molar-refractivity contribution in [2.45, 2.75) is 5.33 Å². The van der Waals surface area contributed by atoms with Crippen LogP contribution in [0.15, 0.2) is 15.2 Å². The predicted octanol–water partition coefficient (Wildman–Crippen LogP) is 2.72. The molecular weight excluding hydrogens is 292 g/mol. The highest BCUT2D eigenvalue weighted by molar-refractivity contribution is 9.10. The van der Waals surface area contributed by atoms with Gasteiger partial charge in [-0.1, -0.05) is 15.9 Å². The van der Waals surface area contributed by atoms with Crippen molar-refractivity contribution in [1.29, 1.82) is 0 Å². The third kappa shape index (κ3) is 1.72. The van der Waals surface area contributed by atoms with Gasteiger partial charge in [0.2, 0.25) is 5.76 Å². The molecule has 0 saturated carbocycles. The molecule has 0 unspecified atom stereocenters. The molecular formula is C7H6Br2O3. The fraction of sp³-hybridized carbons (Fsp3) is 0.286. The molecule has 0 aliphatic rings. The Morgan fingerprint density at radius 2 is 2.42 bits per heavy atom. The van der Waals surface area contributed by atoms with E-state index in [1.165, 1.54) is 13.4 Å². The fourth-order valence-electron chi connectivity index (χ4n) is 0.750. The largest absolute Gasteiger partial charge is 0.463 e. The summed E-state index contributed by atoms with van der Waals surface area (Å²) in [5, 5.41) is 0.550. The van der Waals surface area contributed by atoms with E-state index in [9.17, 15) is 4.79 Å². The lowest BCUT2D eigenvalue weighted by Crippen LogP contribution is -2.01. The van der Waals surface area contributed by atoms with Gasteiger partial charge in [-0.15, -0.1) is 0 Å². The van der Waals surface area contributed by atoms with Crippen molar-refractivity contribution in [1.82, 2.24) is 0 Å². The van der Waals surface area contributed by atoms with Crippen LogP contribution in [-0.2, 0) is 10.1 Å². The Labute approximate surface area is 86.3 Å². The molecule has 0 aromatic carbocycles. The van der Waals surface area contributed by atoms with Crippen LogP contribution in [0.4, 0.5) is 0 Å². The number of rotatable bonds is 2. The van der Waals surface area contributed by atoms with Crippen molar-refractivity contribution >= 4 is 37.8 Å². The molecule has 0 N–H and O–H groups in total. The topological polar surface area (TPSA) is 39.4 Å². The minimum absolute atomic E-state index is 0.237. The van der Waals surface area contributed by atoms with E-state index in [4.69, 9.17) is 4.42 Å². The molecule has 0 spiro atoms. The van der Waals surface area contributed by atoms with Gasteiger partial charge in [-0.05, 0) is 15.9 Å². The fourth-order valence-corrected chi connectivity index (χ4v) is 2.10. The van der Waals surface area contributed by atoms with Gasteiger partial charge in [-0.25, -0.2) is 4.79 Å². The SMILES string of the molecule is COC(=O)c1occ(Br)c1CBr. The zero-order valence-corrected chi connectivity index (χ0v) is 9.44. The molecule has 0 amide bonds. The first kappa shape index (κ1) is 9.80. The summed E-state index contributed by atoms with van der Waals surface area (Å²) in [6.45, 7) is 0. The molecule has 0 aliphatic heterocycles. The lowest BCUT2D eigenvalue weighted by atomic mass is 10.3. The number of hydrogen-bond acceptors (Lipinski definition) is 3. The van der Waals surface area contributed by atoms with E-state index >= 15 is 0 Å². The first-order valence-corrected chi connectivity index (χ1v) is 5.02. The number of furan rings is 1. The smallest absolute Gasteiger partial charge is 0.374 e. The summed E-state index contributed by atoms with van der Waals surface area (Å²) >= 11 is 6.48. The Kier molecular flexibility index (Phi) is 3.34. The average molecular weight is 298 g/mol. The Morgan fingerprint density at radius 1 is 1.75 bits per heavy atom. The molecule has 0 saturated heterocycles. The molecule has 0 bridgehead atoms. The van der Waals surface area contributed by atoms with Crippen molar-refractivity contribution in [2.24, 2.45) is 0 Å². The lowest BCUT2D eigenvalue weighted by Gasteiger charge is -1.96. The number of hydrogen-bond donors (Lipinski definition) is 0. The van der Waals surface area contributed by atoms with E-state index in [-0.39, 0.29) is 5.76 Å². The average Bonchev–Trinajstić information content (AvgIpc) is 2.45. The molecule has 0 atom stereocenters. The number of methoxy groups -OCH3 is 1. The number of carbonyl (C=O) groups is 1. The Balaban J connectivity index is 3.07. The first-order chi connectivity index (χ1) is 5.70. The summed E-state index contributed by atoms with van der Waals surface area (Å²) < 4.78 is 10.3. The highest BCUT2D eigenvalue weighted by Gasteiger charge is 2.18. The summed E-state index contributed by atoms with van der Waals surface area (Å²) in [7, 11) is 1.32. The Morgan fingerprint density at radius 3 is 2.92 bits per heavy atom. The van der Waals surface area contributed by atoms with Gasteiger partial charge in [0, 0.05) is 10.9 Å². The van der Waals surface area contributed by atoms with Crippen LogP contribution in [0.25, 0.3) is 0 Å². The normalized spacial score (nSPS) is 9.92. The van der Waals surface area contributed by atoms with Gasteiger partial charge in [-0.3, -0.25) is 0 Å². The van der Waals surface area contributed by atoms with Crippen molar-refractivity contribution in [3.05, 3.63) is 22.1 Å². The molecule has 12 heavy (non-hydrogen) atoms. The van der Waals surface area contributed by atoms with Crippen molar-refractivity contribution in [3.8, 4) is 0 Å². The number of halogens is 2. The lowest BCUT2D eigenvalue weighted by molar-refractivity contribution is 0.0564. The molecule has 1 aromatic heterocycles. The van der Waals surface area contributed by atoms with Crippen LogP contribution in [0.2, 0.25) is 0 Å². The van der Waals surface area contributed by atoms with Crippen LogP contribution in [0.1, 0.15) is 16.1 Å². The van der Waals surface area contributed by atoms with Crippen LogP contribution in [0.3, 0.4) is 0 Å². The molecule has 0 radical (unpaired) electrons. The molecule has 1 rings (SSSR count).